The van der Waals surface area contributed by atoms with Gasteiger partial charge in [0, 0.05) is 16.4 Å². The molecule has 0 aliphatic carbocycles. The highest BCUT2D eigenvalue weighted by atomic mass is 79.9. The average Bonchev–Trinajstić information content (AvgIpc) is 2.38. The Hall–Kier alpha value is -1.95. The first-order chi connectivity index (χ1) is 9.15. The van der Waals surface area contributed by atoms with Crippen LogP contribution in [0, 0.1) is 5.95 Å². The maximum atomic E-state index is 13.1. The SMILES string of the molecule is O=C(COc1cccnc1F)Nc1cccc(Br)c1. The third-order valence-corrected chi connectivity index (χ3v) is 2.69. The molecule has 1 N–H and O–H groups in total. The van der Waals surface area contributed by atoms with Crippen molar-refractivity contribution in [2.75, 3.05) is 11.9 Å². The van der Waals surface area contributed by atoms with Gasteiger partial charge in [-0.05, 0) is 30.3 Å². The summed E-state index contributed by atoms with van der Waals surface area (Å²) in [7, 11) is 0. The number of carbonyl (C=O) groups is 1. The molecule has 0 unspecified atom stereocenters. The van der Waals surface area contributed by atoms with Gasteiger partial charge in [-0.25, -0.2) is 4.98 Å². The summed E-state index contributed by atoms with van der Waals surface area (Å²) in [5.74, 6) is -1.16. The Kier molecular flexibility index (Phi) is 4.46. The molecular weight excluding hydrogens is 315 g/mol. The lowest BCUT2D eigenvalue weighted by Crippen LogP contribution is -2.20. The molecule has 6 heteroatoms. The number of benzene rings is 1. The van der Waals surface area contributed by atoms with Crippen LogP contribution < -0.4 is 10.1 Å². The molecule has 98 valence electrons. The molecule has 2 rings (SSSR count). The molecule has 0 saturated heterocycles. The highest BCUT2D eigenvalue weighted by Gasteiger charge is 2.07. The Labute approximate surface area is 117 Å². The molecule has 19 heavy (non-hydrogen) atoms. The van der Waals surface area contributed by atoms with Crippen LogP contribution in [0.2, 0.25) is 0 Å². The average molecular weight is 325 g/mol. The molecule has 0 atom stereocenters. The molecule has 4 nitrogen and oxygen atoms in total. The summed E-state index contributed by atoms with van der Waals surface area (Å²) in [6.45, 7) is -0.283. The number of pyridine rings is 1. The van der Waals surface area contributed by atoms with E-state index in [9.17, 15) is 9.18 Å². The highest BCUT2D eigenvalue weighted by molar-refractivity contribution is 9.10. The number of ether oxygens (including phenoxy) is 1. The van der Waals surface area contributed by atoms with Gasteiger partial charge in [0.2, 0.25) is 0 Å². The molecule has 0 aliphatic heterocycles. The Morgan fingerprint density at radius 3 is 2.95 bits per heavy atom. The van der Waals surface area contributed by atoms with Crippen molar-refractivity contribution in [2.24, 2.45) is 0 Å². The van der Waals surface area contributed by atoms with E-state index in [1.54, 1.807) is 18.2 Å². The van der Waals surface area contributed by atoms with Gasteiger partial charge in [-0.3, -0.25) is 4.79 Å². The minimum Gasteiger partial charge on any atom is -0.479 e. The molecule has 1 amide bonds. The van der Waals surface area contributed by atoms with Crippen LogP contribution in [-0.2, 0) is 4.79 Å². The van der Waals surface area contributed by atoms with Gasteiger partial charge in [0.15, 0.2) is 12.4 Å². The second-order valence-corrected chi connectivity index (χ2v) is 4.56. The van der Waals surface area contributed by atoms with Crippen molar-refractivity contribution in [3.8, 4) is 5.75 Å². The Morgan fingerprint density at radius 1 is 1.37 bits per heavy atom. The fraction of sp³-hybridized carbons (Fsp3) is 0.0769. The molecule has 1 heterocycles. The molecule has 0 radical (unpaired) electrons. The Balaban J connectivity index is 1.90. The lowest BCUT2D eigenvalue weighted by atomic mass is 10.3. The van der Waals surface area contributed by atoms with E-state index in [0.717, 1.165) is 4.47 Å². The standard InChI is InChI=1S/C13H10BrFN2O2/c14-9-3-1-4-10(7-9)17-12(18)8-19-11-5-2-6-16-13(11)15/h1-7H,8H2,(H,17,18). The van der Waals surface area contributed by atoms with Gasteiger partial charge in [-0.1, -0.05) is 22.0 Å². The smallest absolute Gasteiger partial charge is 0.262 e. The van der Waals surface area contributed by atoms with Crippen LogP contribution in [0.1, 0.15) is 0 Å². The number of carbonyl (C=O) groups excluding carboxylic acids is 1. The van der Waals surface area contributed by atoms with Crippen molar-refractivity contribution < 1.29 is 13.9 Å². The number of anilines is 1. The third kappa shape index (κ3) is 4.03. The highest BCUT2D eigenvalue weighted by Crippen LogP contribution is 2.16. The minimum atomic E-state index is -0.738. The summed E-state index contributed by atoms with van der Waals surface area (Å²) in [5.41, 5.74) is 0.634. The molecule has 0 aliphatic rings. The Morgan fingerprint density at radius 2 is 2.21 bits per heavy atom. The minimum absolute atomic E-state index is 0.0492. The summed E-state index contributed by atoms with van der Waals surface area (Å²) in [6.07, 6.45) is 1.31. The largest absolute Gasteiger partial charge is 0.479 e. The monoisotopic (exact) mass is 324 g/mol. The lowest BCUT2D eigenvalue weighted by Gasteiger charge is -2.07. The topological polar surface area (TPSA) is 51.2 Å². The maximum absolute atomic E-state index is 13.1. The lowest BCUT2D eigenvalue weighted by molar-refractivity contribution is -0.118. The molecule has 0 bridgehead atoms. The van der Waals surface area contributed by atoms with E-state index >= 15 is 0 Å². The predicted molar refractivity (Wildman–Crippen MR) is 72.5 cm³/mol. The number of rotatable bonds is 4. The van der Waals surface area contributed by atoms with Crippen molar-refractivity contribution in [3.05, 3.63) is 53.0 Å². The first-order valence-electron chi connectivity index (χ1n) is 5.44. The number of hydrogen-bond donors (Lipinski definition) is 1. The van der Waals surface area contributed by atoms with E-state index in [1.807, 2.05) is 6.07 Å². The number of amides is 1. The zero-order chi connectivity index (χ0) is 13.7. The first-order valence-corrected chi connectivity index (χ1v) is 6.23. The molecule has 2 aromatic rings. The summed E-state index contributed by atoms with van der Waals surface area (Å²) < 4.78 is 19.0. The van der Waals surface area contributed by atoms with Crippen LogP contribution in [0.25, 0.3) is 0 Å². The quantitative estimate of drug-likeness (QED) is 0.879. The van der Waals surface area contributed by atoms with Crippen LogP contribution in [0.4, 0.5) is 10.1 Å². The second-order valence-electron chi connectivity index (χ2n) is 3.64. The fourth-order valence-electron chi connectivity index (χ4n) is 1.39. The van der Waals surface area contributed by atoms with E-state index in [4.69, 9.17) is 4.74 Å². The number of aromatic nitrogens is 1. The van der Waals surface area contributed by atoms with E-state index in [2.05, 4.69) is 26.2 Å². The van der Waals surface area contributed by atoms with Crippen LogP contribution in [0.15, 0.2) is 47.1 Å². The molecule has 0 fully saturated rings. The summed E-state index contributed by atoms with van der Waals surface area (Å²) in [4.78, 5) is 15.0. The molecule has 0 spiro atoms. The van der Waals surface area contributed by atoms with Crippen molar-refractivity contribution in [1.82, 2.24) is 4.98 Å². The molecule has 1 aromatic heterocycles. The van der Waals surface area contributed by atoms with Crippen LogP contribution in [-0.4, -0.2) is 17.5 Å². The van der Waals surface area contributed by atoms with Gasteiger partial charge in [-0.15, -0.1) is 0 Å². The molecule has 0 saturated carbocycles. The summed E-state index contributed by atoms with van der Waals surface area (Å²) in [5, 5.41) is 2.64. The van der Waals surface area contributed by atoms with Gasteiger partial charge in [-0.2, -0.15) is 4.39 Å². The van der Waals surface area contributed by atoms with Gasteiger partial charge >= 0.3 is 0 Å². The van der Waals surface area contributed by atoms with E-state index in [-0.39, 0.29) is 18.3 Å². The van der Waals surface area contributed by atoms with Crippen molar-refractivity contribution in [3.63, 3.8) is 0 Å². The zero-order valence-corrected chi connectivity index (χ0v) is 11.4. The van der Waals surface area contributed by atoms with E-state index in [0.29, 0.717) is 5.69 Å². The van der Waals surface area contributed by atoms with Crippen LogP contribution in [0.3, 0.4) is 0 Å². The van der Waals surface area contributed by atoms with Crippen molar-refractivity contribution in [2.45, 2.75) is 0 Å². The number of nitrogens with one attached hydrogen (secondary N) is 1. The normalized spacial score (nSPS) is 10.0. The van der Waals surface area contributed by atoms with Gasteiger partial charge in [0.1, 0.15) is 0 Å². The Bertz CT molecular complexity index is 592. The number of hydrogen-bond acceptors (Lipinski definition) is 3. The van der Waals surface area contributed by atoms with Gasteiger partial charge in [0.25, 0.3) is 11.9 Å². The van der Waals surface area contributed by atoms with Gasteiger partial charge < -0.3 is 10.1 Å². The van der Waals surface area contributed by atoms with Crippen LogP contribution in [0.5, 0.6) is 5.75 Å². The van der Waals surface area contributed by atoms with E-state index in [1.165, 1.54) is 18.3 Å². The third-order valence-electron chi connectivity index (χ3n) is 2.19. The summed E-state index contributed by atoms with van der Waals surface area (Å²) >= 11 is 3.30. The zero-order valence-electron chi connectivity index (χ0n) is 9.77. The number of nitrogens with zero attached hydrogens (tertiary/aromatic N) is 1. The van der Waals surface area contributed by atoms with Crippen molar-refractivity contribution in [1.29, 1.82) is 0 Å². The first kappa shape index (κ1) is 13.5. The van der Waals surface area contributed by atoms with Gasteiger partial charge in [0.05, 0.1) is 0 Å². The van der Waals surface area contributed by atoms with Crippen molar-refractivity contribution >= 4 is 27.5 Å². The molecule has 1 aromatic carbocycles. The second kappa shape index (κ2) is 6.29. The summed E-state index contributed by atoms with van der Waals surface area (Å²) in [6, 6.07) is 10.1. The fourth-order valence-corrected chi connectivity index (χ4v) is 1.78. The predicted octanol–water partition coefficient (Wildman–Crippen LogP) is 3.00. The maximum Gasteiger partial charge on any atom is 0.262 e. The van der Waals surface area contributed by atoms with Crippen LogP contribution >= 0.6 is 15.9 Å². The molecular formula is C13H10BrFN2O2. The van der Waals surface area contributed by atoms with E-state index < -0.39 is 5.95 Å². The number of halogens is 2.